The lowest BCUT2D eigenvalue weighted by Gasteiger charge is -2.12. The third-order valence-corrected chi connectivity index (χ3v) is 4.52. The maximum absolute atomic E-state index is 12.2. The molecular formula is C20H25N5O2. The minimum absolute atomic E-state index is 0.0653. The predicted octanol–water partition coefficient (Wildman–Crippen LogP) is 3.44. The Hall–Kier alpha value is -3.09. The molecule has 1 aromatic heterocycles. The van der Waals surface area contributed by atoms with Gasteiger partial charge in [-0.2, -0.15) is 0 Å². The molecule has 3 amide bonds. The number of pyridine rings is 1. The standard InChI is InChI=1S/C20H25N5O2/c26-19(15-5-1-2-6-15)24-16-7-3-8-17(13-16)25-20(27)23-12-11-22-18-9-4-10-21-14-18/h3-4,7-10,13-15,22H,1-2,5-6,11-12H2,(H,24,26)(H2,23,25,27). The molecule has 27 heavy (non-hydrogen) atoms. The van der Waals surface area contributed by atoms with Gasteiger partial charge in [0.05, 0.1) is 5.69 Å². The molecule has 1 aliphatic rings. The molecular weight excluding hydrogens is 342 g/mol. The van der Waals surface area contributed by atoms with Crippen molar-refractivity contribution in [2.75, 3.05) is 29.0 Å². The monoisotopic (exact) mass is 367 g/mol. The van der Waals surface area contributed by atoms with E-state index in [9.17, 15) is 9.59 Å². The number of benzene rings is 1. The lowest BCUT2D eigenvalue weighted by molar-refractivity contribution is -0.119. The summed E-state index contributed by atoms with van der Waals surface area (Å²) in [5, 5.41) is 11.7. The summed E-state index contributed by atoms with van der Waals surface area (Å²) in [6, 6.07) is 10.7. The number of anilines is 3. The molecule has 1 aliphatic carbocycles. The van der Waals surface area contributed by atoms with E-state index in [4.69, 9.17) is 0 Å². The van der Waals surface area contributed by atoms with Crippen molar-refractivity contribution in [2.45, 2.75) is 25.7 Å². The maximum Gasteiger partial charge on any atom is 0.319 e. The van der Waals surface area contributed by atoms with Crippen LogP contribution in [0.2, 0.25) is 0 Å². The zero-order valence-corrected chi connectivity index (χ0v) is 15.2. The Morgan fingerprint density at radius 2 is 1.70 bits per heavy atom. The zero-order valence-electron chi connectivity index (χ0n) is 15.2. The number of carbonyl (C=O) groups excluding carboxylic acids is 2. The number of nitrogens with zero attached hydrogens (tertiary/aromatic N) is 1. The summed E-state index contributed by atoms with van der Waals surface area (Å²) in [6.07, 6.45) is 7.59. The smallest absolute Gasteiger partial charge is 0.319 e. The molecule has 1 heterocycles. The van der Waals surface area contributed by atoms with Crippen LogP contribution in [0.15, 0.2) is 48.8 Å². The highest BCUT2D eigenvalue weighted by molar-refractivity contribution is 5.94. The summed E-state index contributed by atoms with van der Waals surface area (Å²) in [5.41, 5.74) is 2.24. The molecule has 7 nitrogen and oxygen atoms in total. The van der Waals surface area contributed by atoms with Gasteiger partial charge in [-0.3, -0.25) is 9.78 Å². The fraction of sp³-hybridized carbons (Fsp3) is 0.350. The number of rotatable bonds is 7. The van der Waals surface area contributed by atoms with Gasteiger partial charge in [-0.1, -0.05) is 18.9 Å². The van der Waals surface area contributed by atoms with Gasteiger partial charge < -0.3 is 21.3 Å². The second-order valence-corrected chi connectivity index (χ2v) is 6.60. The molecule has 0 saturated heterocycles. The van der Waals surface area contributed by atoms with Gasteiger partial charge in [-0.25, -0.2) is 4.79 Å². The summed E-state index contributed by atoms with van der Waals surface area (Å²) in [6.45, 7) is 1.06. The molecule has 7 heteroatoms. The Morgan fingerprint density at radius 3 is 2.44 bits per heavy atom. The van der Waals surface area contributed by atoms with Crippen molar-refractivity contribution in [1.82, 2.24) is 10.3 Å². The fourth-order valence-electron chi connectivity index (χ4n) is 3.13. The van der Waals surface area contributed by atoms with E-state index in [1.54, 1.807) is 24.5 Å². The molecule has 142 valence electrons. The lowest BCUT2D eigenvalue weighted by atomic mass is 10.1. The highest BCUT2D eigenvalue weighted by atomic mass is 16.2. The van der Waals surface area contributed by atoms with E-state index >= 15 is 0 Å². The zero-order chi connectivity index (χ0) is 18.9. The second-order valence-electron chi connectivity index (χ2n) is 6.60. The van der Waals surface area contributed by atoms with Crippen molar-refractivity contribution >= 4 is 29.0 Å². The molecule has 0 spiro atoms. The Bertz CT molecular complexity index is 760. The van der Waals surface area contributed by atoms with E-state index in [1.807, 2.05) is 24.3 Å². The van der Waals surface area contributed by atoms with Crippen LogP contribution in [0.1, 0.15) is 25.7 Å². The average Bonchev–Trinajstić information content (AvgIpc) is 3.21. The molecule has 4 N–H and O–H groups in total. The van der Waals surface area contributed by atoms with Gasteiger partial charge in [-0.05, 0) is 43.2 Å². The molecule has 1 saturated carbocycles. The van der Waals surface area contributed by atoms with E-state index in [2.05, 4.69) is 26.3 Å². The number of nitrogens with one attached hydrogen (secondary N) is 4. The van der Waals surface area contributed by atoms with Crippen LogP contribution in [-0.2, 0) is 4.79 Å². The van der Waals surface area contributed by atoms with Gasteiger partial charge >= 0.3 is 6.03 Å². The number of amides is 3. The van der Waals surface area contributed by atoms with E-state index in [0.29, 0.717) is 24.5 Å². The van der Waals surface area contributed by atoms with E-state index in [0.717, 1.165) is 31.4 Å². The van der Waals surface area contributed by atoms with Gasteiger partial charge in [0.1, 0.15) is 0 Å². The summed E-state index contributed by atoms with van der Waals surface area (Å²) in [7, 11) is 0. The summed E-state index contributed by atoms with van der Waals surface area (Å²) in [5.74, 6) is 0.174. The van der Waals surface area contributed by atoms with Gasteiger partial charge in [0.15, 0.2) is 0 Å². The lowest BCUT2D eigenvalue weighted by Crippen LogP contribution is -2.32. The molecule has 1 fully saturated rings. The quantitative estimate of drug-likeness (QED) is 0.564. The van der Waals surface area contributed by atoms with Gasteiger partial charge in [0.2, 0.25) is 5.91 Å². The van der Waals surface area contributed by atoms with E-state index in [1.165, 1.54) is 0 Å². The topological polar surface area (TPSA) is 95.2 Å². The van der Waals surface area contributed by atoms with Crippen LogP contribution >= 0.6 is 0 Å². The Kier molecular flexibility index (Phi) is 6.62. The van der Waals surface area contributed by atoms with E-state index < -0.39 is 0 Å². The Balaban J connectivity index is 1.41. The molecule has 3 rings (SSSR count). The van der Waals surface area contributed by atoms with Gasteiger partial charge in [0.25, 0.3) is 0 Å². The number of aromatic nitrogens is 1. The van der Waals surface area contributed by atoms with Crippen LogP contribution in [0.5, 0.6) is 0 Å². The second kappa shape index (κ2) is 9.56. The maximum atomic E-state index is 12.2. The molecule has 0 unspecified atom stereocenters. The number of hydrogen-bond acceptors (Lipinski definition) is 4. The first-order chi connectivity index (χ1) is 13.2. The van der Waals surface area contributed by atoms with Crippen LogP contribution in [0.25, 0.3) is 0 Å². The largest absolute Gasteiger partial charge is 0.382 e. The molecule has 2 aromatic rings. The number of carbonyl (C=O) groups is 2. The van der Waals surface area contributed by atoms with Crippen molar-refractivity contribution < 1.29 is 9.59 Å². The van der Waals surface area contributed by atoms with Crippen LogP contribution < -0.4 is 21.3 Å². The third-order valence-electron chi connectivity index (χ3n) is 4.52. The molecule has 1 aromatic carbocycles. The van der Waals surface area contributed by atoms with Crippen LogP contribution in [-0.4, -0.2) is 30.0 Å². The molecule has 0 radical (unpaired) electrons. The van der Waals surface area contributed by atoms with Gasteiger partial charge in [-0.15, -0.1) is 0 Å². The van der Waals surface area contributed by atoms with Crippen molar-refractivity contribution in [1.29, 1.82) is 0 Å². The molecule has 0 atom stereocenters. The van der Waals surface area contributed by atoms with E-state index in [-0.39, 0.29) is 17.9 Å². The summed E-state index contributed by atoms with van der Waals surface area (Å²) < 4.78 is 0. The van der Waals surface area contributed by atoms with Crippen molar-refractivity contribution in [3.8, 4) is 0 Å². The van der Waals surface area contributed by atoms with Crippen molar-refractivity contribution in [3.05, 3.63) is 48.8 Å². The SMILES string of the molecule is O=C(NCCNc1cccnc1)Nc1cccc(NC(=O)C2CCCC2)c1. The normalized spacial score (nSPS) is 13.8. The Labute approximate surface area is 159 Å². The highest BCUT2D eigenvalue weighted by Gasteiger charge is 2.22. The first-order valence-corrected chi connectivity index (χ1v) is 9.30. The Morgan fingerprint density at radius 1 is 0.963 bits per heavy atom. The fourth-order valence-corrected chi connectivity index (χ4v) is 3.13. The summed E-state index contributed by atoms with van der Waals surface area (Å²) >= 11 is 0. The minimum Gasteiger partial charge on any atom is -0.382 e. The van der Waals surface area contributed by atoms with Crippen molar-refractivity contribution in [2.24, 2.45) is 5.92 Å². The summed E-state index contributed by atoms with van der Waals surface area (Å²) in [4.78, 5) is 28.3. The number of urea groups is 1. The van der Waals surface area contributed by atoms with Crippen molar-refractivity contribution in [3.63, 3.8) is 0 Å². The first kappa shape index (κ1) is 18.7. The third kappa shape index (κ3) is 5.99. The van der Waals surface area contributed by atoms with Gasteiger partial charge in [0, 0.05) is 42.8 Å². The molecule has 0 bridgehead atoms. The average molecular weight is 367 g/mol. The molecule has 0 aliphatic heterocycles. The van der Waals surface area contributed by atoms with Crippen LogP contribution in [0.4, 0.5) is 21.9 Å². The first-order valence-electron chi connectivity index (χ1n) is 9.30. The minimum atomic E-state index is -0.290. The van der Waals surface area contributed by atoms with Crippen LogP contribution in [0, 0.1) is 5.92 Å². The number of hydrogen-bond donors (Lipinski definition) is 4. The predicted molar refractivity (Wildman–Crippen MR) is 107 cm³/mol. The highest BCUT2D eigenvalue weighted by Crippen LogP contribution is 2.26. The van der Waals surface area contributed by atoms with Crippen LogP contribution in [0.3, 0.4) is 0 Å².